The third-order valence-corrected chi connectivity index (χ3v) is 5.71. The minimum Gasteiger partial charge on any atom is -0.455 e. The Morgan fingerprint density at radius 3 is 2.12 bits per heavy atom. The number of methoxy groups -OCH3 is 1. The zero-order valence-corrected chi connectivity index (χ0v) is 18.9. The maximum absolute atomic E-state index is 12.8. The molecule has 180 valence electrons. The number of fused-ring (bicyclic) bond motifs is 1. The lowest BCUT2D eigenvalue weighted by molar-refractivity contribution is -0.299. The van der Waals surface area contributed by atoms with Crippen molar-refractivity contribution in [1.82, 2.24) is 0 Å². The van der Waals surface area contributed by atoms with Crippen LogP contribution in [0.3, 0.4) is 0 Å². The van der Waals surface area contributed by atoms with Gasteiger partial charge in [-0.25, -0.2) is 4.79 Å². The minimum atomic E-state index is -1.25. The van der Waals surface area contributed by atoms with Crippen LogP contribution < -0.4 is 0 Å². The van der Waals surface area contributed by atoms with Crippen molar-refractivity contribution in [3.05, 3.63) is 48.0 Å². The molecule has 1 saturated heterocycles. The van der Waals surface area contributed by atoms with Crippen LogP contribution in [-0.2, 0) is 33.3 Å². The maximum atomic E-state index is 12.8. The molecule has 2 aliphatic rings. The van der Waals surface area contributed by atoms with E-state index < -0.39 is 67.1 Å². The minimum absolute atomic E-state index is 0.275. The molecule has 0 aromatic heterocycles. The number of benzene rings is 1. The predicted molar refractivity (Wildman–Crippen MR) is 115 cm³/mol. The van der Waals surface area contributed by atoms with Crippen LogP contribution in [0.1, 0.15) is 37.0 Å². The molecule has 0 aliphatic carbocycles. The van der Waals surface area contributed by atoms with E-state index >= 15 is 0 Å². The fraction of sp³-hybridized carbons (Fsp3) is 0.542. The van der Waals surface area contributed by atoms with E-state index in [0.717, 1.165) is 0 Å². The molecule has 3 rings (SSSR count). The Balaban J connectivity index is 1.97. The number of aliphatic hydroxyl groups excluding tert-OH is 1. The van der Waals surface area contributed by atoms with Crippen molar-refractivity contribution in [1.29, 1.82) is 0 Å². The first-order valence-corrected chi connectivity index (χ1v) is 11.0. The van der Waals surface area contributed by atoms with Crippen molar-refractivity contribution < 1.29 is 43.2 Å². The number of aliphatic hydroxyl groups is 1. The lowest BCUT2D eigenvalue weighted by Gasteiger charge is -2.44. The Labute approximate surface area is 192 Å². The van der Waals surface area contributed by atoms with Crippen LogP contribution in [0.4, 0.5) is 0 Å². The number of carbonyl (C=O) groups excluding carboxylic acids is 3. The molecule has 1 fully saturated rings. The van der Waals surface area contributed by atoms with Gasteiger partial charge in [0.15, 0.2) is 24.6 Å². The van der Waals surface area contributed by atoms with Gasteiger partial charge in [-0.2, -0.15) is 0 Å². The lowest BCUT2D eigenvalue weighted by Crippen LogP contribution is -2.63. The third kappa shape index (κ3) is 5.98. The monoisotopic (exact) mass is 462 g/mol. The van der Waals surface area contributed by atoms with Crippen LogP contribution in [0.25, 0.3) is 0 Å². The molecule has 0 radical (unpaired) electrons. The molecular weight excluding hydrogens is 432 g/mol. The van der Waals surface area contributed by atoms with E-state index in [0.29, 0.717) is 12.8 Å². The van der Waals surface area contributed by atoms with Gasteiger partial charge >= 0.3 is 17.9 Å². The van der Waals surface area contributed by atoms with Crippen molar-refractivity contribution in [3.8, 4) is 0 Å². The SMILES string of the molecule is CO[C@H]1O[C@H](CO)[C@H]2OC(=O)[C@@H](C)CC=CC[C@H](C)C(=O)O[C@@H]2[C@@H]1OC(=O)c1ccccc1. The molecule has 0 unspecified atom stereocenters. The Kier molecular flexibility index (Phi) is 8.60. The Hall–Kier alpha value is -2.75. The van der Waals surface area contributed by atoms with Crippen molar-refractivity contribution in [2.75, 3.05) is 13.7 Å². The molecular formula is C24H30O9. The van der Waals surface area contributed by atoms with Crippen LogP contribution in [0.2, 0.25) is 0 Å². The quantitative estimate of drug-likeness (QED) is 0.407. The highest BCUT2D eigenvalue weighted by Crippen LogP contribution is 2.31. The molecule has 7 atom stereocenters. The Morgan fingerprint density at radius 2 is 1.58 bits per heavy atom. The van der Waals surface area contributed by atoms with Gasteiger partial charge in [-0.05, 0) is 25.0 Å². The summed E-state index contributed by atoms with van der Waals surface area (Å²) in [5.41, 5.74) is 0.275. The summed E-state index contributed by atoms with van der Waals surface area (Å²) in [7, 11) is 1.33. The van der Waals surface area contributed by atoms with E-state index in [9.17, 15) is 19.5 Å². The highest BCUT2D eigenvalue weighted by molar-refractivity contribution is 5.89. The number of esters is 3. The third-order valence-electron chi connectivity index (χ3n) is 5.71. The van der Waals surface area contributed by atoms with E-state index in [1.54, 1.807) is 44.2 Å². The molecule has 9 heteroatoms. The summed E-state index contributed by atoms with van der Waals surface area (Å²) in [6.07, 6.45) is -1.43. The van der Waals surface area contributed by atoms with Gasteiger partial charge in [-0.15, -0.1) is 0 Å². The maximum Gasteiger partial charge on any atom is 0.338 e. The van der Waals surface area contributed by atoms with E-state index in [2.05, 4.69) is 0 Å². The summed E-state index contributed by atoms with van der Waals surface area (Å²) in [6, 6.07) is 8.27. The van der Waals surface area contributed by atoms with Gasteiger partial charge in [0.1, 0.15) is 6.10 Å². The topological polar surface area (TPSA) is 118 Å². The summed E-state index contributed by atoms with van der Waals surface area (Å²) in [6.45, 7) is 2.89. The number of hydrogen-bond donors (Lipinski definition) is 1. The summed E-state index contributed by atoms with van der Waals surface area (Å²) in [5, 5.41) is 9.92. The standard InChI is InChI=1S/C24H30O9/c1-14-9-7-8-10-15(2)22(27)32-19-18(31-21(14)26)17(13-25)30-24(29-3)20(19)33-23(28)16-11-5-4-6-12-16/h4-8,11-12,14-15,17-20,24-25H,9-10,13H2,1-3H3/t14-,15-,17+,18+,19-,20-,24-/m0/s1. The normalized spacial score (nSPS) is 33.0. The van der Waals surface area contributed by atoms with Crippen molar-refractivity contribution >= 4 is 17.9 Å². The second-order valence-corrected chi connectivity index (χ2v) is 8.25. The zero-order chi connectivity index (χ0) is 24.0. The highest BCUT2D eigenvalue weighted by Gasteiger charge is 2.53. The van der Waals surface area contributed by atoms with E-state index in [1.807, 2.05) is 12.2 Å². The summed E-state index contributed by atoms with van der Waals surface area (Å²) in [5.74, 6) is -2.77. The molecule has 0 saturated carbocycles. The molecule has 2 heterocycles. The number of hydrogen-bond acceptors (Lipinski definition) is 9. The Morgan fingerprint density at radius 1 is 1.00 bits per heavy atom. The van der Waals surface area contributed by atoms with E-state index in [4.69, 9.17) is 23.7 Å². The van der Waals surface area contributed by atoms with Crippen LogP contribution >= 0.6 is 0 Å². The summed E-state index contributed by atoms with van der Waals surface area (Å²) < 4.78 is 28.1. The average molecular weight is 462 g/mol. The molecule has 9 nitrogen and oxygen atoms in total. The van der Waals surface area contributed by atoms with Crippen molar-refractivity contribution in [2.24, 2.45) is 11.8 Å². The van der Waals surface area contributed by atoms with Gasteiger partial charge in [0.2, 0.25) is 0 Å². The van der Waals surface area contributed by atoms with Gasteiger partial charge in [0.25, 0.3) is 0 Å². The molecule has 1 aromatic carbocycles. The summed E-state index contributed by atoms with van der Waals surface area (Å²) in [4.78, 5) is 38.4. The Bertz CT molecular complexity index is 853. The number of ether oxygens (including phenoxy) is 5. The lowest BCUT2D eigenvalue weighted by atomic mass is 9.96. The zero-order valence-electron chi connectivity index (χ0n) is 18.9. The molecule has 0 spiro atoms. The number of carbonyl (C=O) groups is 3. The molecule has 1 N–H and O–H groups in total. The fourth-order valence-corrected chi connectivity index (χ4v) is 3.68. The van der Waals surface area contributed by atoms with Crippen molar-refractivity contribution in [2.45, 2.75) is 57.4 Å². The second-order valence-electron chi connectivity index (χ2n) is 8.25. The predicted octanol–water partition coefficient (Wildman–Crippen LogP) is 2.02. The first kappa shape index (κ1) is 24.9. The van der Waals surface area contributed by atoms with Crippen LogP contribution in [-0.4, -0.2) is 67.4 Å². The van der Waals surface area contributed by atoms with Crippen LogP contribution in [0.5, 0.6) is 0 Å². The van der Waals surface area contributed by atoms with E-state index in [1.165, 1.54) is 7.11 Å². The largest absolute Gasteiger partial charge is 0.455 e. The van der Waals surface area contributed by atoms with Crippen LogP contribution in [0, 0.1) is 11.8 Å². The van der Waals surface area contributed by atoms with Gasteiger partial charge in [0, 0.05) is 7.11 Å². The molecule has 33 heavy (non-hydrogen) atoms. The van der Waals surface area contributed by atoms with Crippen LogP contribution in [0.15, 0.2) is 42.5 Å². The summed E-state index contributed by atoms with van der Waals surface area (Å²) >= 11 is 0. The van der Waals surface area contributed by atoms with Gasteiger partial charge < -0.3 is 28.8 Å². The molecule has 2 aliphatic heterocycles. The second kappa shape index (κ2) is 11.4. The molecule has 0 bridgehead atoms. The van der Waals surface area contributed by atoms with Crippen molar-refractivity contribution in [3.63, 3.8) is 0 Å². The number of rotatable bonds is 4. The highest BCUT2D eigenvalue weighted by atomic mass is 16.7. The first-order chi connectivity index (χ1) is 15.8. The smallest absolute Gasteiger partial charge is 0.338 e. The van der Waals surface area contributed by atoms with E-state index in [-0.39, 0.29) is 5.56 Å². The first-order valence-electron chi connectivity index (χ1n) is 11.0. The molecule has 1 aromatic rings. The average Bonchev–Trinajstić information content (AvgIpc) is 2.83. The number of allylic oxidation sites excluding steroid dienone is 2. The molecule has 0 amide bonds. The fourth-order valence-electron chi connectivity index (χ4n) is 3.68. The van der Waals surface area contributed by atoms with Gasteiger partial charge in [-0.3, -0.25) is 9.59 Å². The van der Waals surface area contributed by atoms with Gasteiger partial charge in [-0.1, -0.05) is 44.2 Å². The van der Waals surface area contributed by atoms with Gasteiger partial charge in [0.05, 0.1) is 24.0 Å².